The molecule has 1 N–H and O–H groups in total. The highest BCUT2D eigenvalue weighted by Crippen LogP contribution is 2.13. The molecule has 0 fully saturated rings. The predicted octanol–water partition coefficient (Wildman–Crippen LogP) is 6.08. The highest BCUT2D eigenvalue weighted by molar-refractivity contribution is 4.63. The monoisotopic (exact) mass is 269 g/mol. The van der Waals surface area contributed by atoms with E-state index < -0.39 is 0 Å². The largest absolute Gasteiger partial charge is 0.317 e. The van der Waals surface area contributed by atoms with E-state index in [1.807, 2.05) is 0 Å². The molecule has 0 saturated carbocycles. The molecule has 0 aliphatic rings. The van der Waals surface area contributed by atoms with Gasteiger partial charge in [-0.15, -0.1) is 0 Å². The zero-order valence-electron chi connectivity index (χ0n) is 14.0. The van der Waals surface area contributed by atoms with Gasteiger partial charge in [-0.3, -0.25) is 0 Å². The lowest BCUT2D eigenvalue weighted by Crippen LogP contribution is -2.24. The first-order chi connectivity index (χ1) is 9.35. The van der Waals surface area contributed by atoms with Gasteiger partial charge in [-0.2, -0.15) is 0 Å². The normalized spacial score (nSPS) is 12.8. The average molecular weight is 270 g/mol. The van der Waals surface area contributed by atoms with E-state index in [1.165, 1.54) is 89.9 Å². The number of rotatable bonds is 15. The van der Waals surface area contributed by atoms with Crippen LogP contribution in [-0.2, 0) is 0 Å². The Morgan fingerprint density at radius 3 is 1.47 bits per heavy atom. The van der Waals surface area contributed by atoms with E-state index in [9.17, 15) is 0 Å². The lowest BCUT2D eigenvalue weighted by Gasteiger charge is -2.14. The fraction of sp³-hybridized carbons (Fsp3) is 1.00. The van der Waals surface area contributed by atoms with Gasteiger partial charge < -0.3 is 5.32 Å². The minimum atomic E-state index is 0.767. The van der Waals surface area contributed by atoms with E-state index in [4.69, 9.17) is 0 Å². The summed E-state index contributed by atoms with van der Waals surface area (Å²) in [7, 11) is 2.11. The first kappa shape index (κ1) is 19.0. The molecule has 0 aromatic rings. The summed E-state index contributed by atoms with van der Waals surface area (Å²) in [6.07, 6.45) is 19.9. The summed E-state index contributed by atoms with van der Waals surface area (Å²) in [6, 6.07) is 0.767. The summed E-state index contributed by atoms with van der Waals surface area (Å²) in [6.45, 7) is 4.57. The zero-order valence-corrected chi connectivity index (χ0v) is 14.0. The van der Waals surface area contributed by atoms with Crippen molar-refractivity contribution < 1.29 is 0 Å². The number of nitrogens with one attached hydrogen (secondary N) is 1. The molecule has 1 atom stereocenters. The van der Waals surface area contributed by atoms with Crippen LogP contribution in [0.4, 0.5) is 0 Å². The Hall–Kier alpha value is -0.0400. The molecule has 0 bridgehead atoms. The van der Waals surface area contributed by atoms with Crippen molar-refractivity contribution in [2.45, 2.75) is 110 Å². The second-order valence-electron chi connectivity index (χ2n) is 6.10. The van der Waals surface area contributed by atoms with Crippen molar-refractivity contribution in [3.8, 4) is 0 Å². The third kappa shape index (κ3) is 14.2. The fourth-order valence-corrected chi connectivity index (χ4v) is 2.84. The van der Waals surface area contributed by atoms with E-state index in [1.54, 1.807) is 0 Å². The molecule has 0 aliphatic carbocycles. The SMILES string of the molecule is CCCCCCCCCCCCCC(CCC)NC. The van der Waals surface area contributed by atoms with Gasteiger partial charge >= 0.3 is 0 Å². The Morgan fingerprint density at radius 1 is 0.579 bits per heavy atom. The molecule has 0 aromatic carbocycles. The molecule has 0 aromatic heterocycles. The number of hydrogen-bond donors (Lipinski definition) is 1. The number of unbranched alkanes of at least 4 members (excludes halogenated alkanes) is 10. The van der Waals surface area contributed by atoms with Gasteiger partial charge in [0, 0.05) is 6.04 Å². The van der Waals surface area contributed by atoms with Crippen molar-refractivity contribution in [1.82, 2.24) is 5.32 Å². The molecular weight excluding hydrogens is 230 g/mol. The quantitative estimate of drug-likeness (QED) is 0.355. The van der Waals surface area contributed by atoms with Gasteiger partial charge in [0.25, 0.3) is 0 Å². The molecule has 0 rings (SSSR count). The Morgan fingerprint density at radius 2 is 1.05 bits per heavy atom. The van der Waals surface area contributed by atoms with E-state index in [2.05, 4.69) is 26.2 Å². The molecule has 116 valence electrons. The van der Waals surface area contributed by atoms with Crippen molar-refractivity contribution in [2.24, 2.45) is 0 Å². The van der Waals surface area contributed by atoms with Crippen LogP contribution in [0.2, 0.25) is 0 Å². The summed E-state index contributed by atoms with van der Waals surface area (Å²) in [4.78, 5) is 0. The lowest BCUT2D eigenvalue weighted by atomic mass is 10.0. The standard InChI is InChI=1S/C18H39N/c1-4-6-7-8-9-10-11-12-13-14-15-17-18(19-3)16-5-2/h18-19H,4-17H2,1-3H3. The molecule has 0 aliphatic heterocycles. The second kappa shape index (κ2) is 16.0. The topological polar surface area (TPSA) is 12.0 Å². The first-order valence-electron chi connectivity index (χ1n) is 9.02. The van der Waals surface area contributed by atoms with Crippen LogP contribution in [0.25, 0.3) is 0 Å². The summed E-state index contributed by atoms with van der Waals surface area (Å²) in [5.74, 6) is 0. The smallest absolute Gasteiger partial charge is 0.00639 e. The maximum atomic E-state index is 3.44. The van der Waals surface area contributed by atoms with Gasteiger partial charge in [0.1, 0.15) is 0 Å². The lowest BCUT2D eigenvalue weighted by molar-refractivity contribution is 0.452. The Kier molecular flexibility index (Phi) is 16.0. The average Bonchev–Trinajstić information content (AvgIpc) is 2.43. The third-order valence-electron chi connectivity index (χ3n) is 4.20. The minimum absolute atomic E-state index is 0.767. The van der Waals surface area contributed by atoms with Crippen LogP contribution in [-0.4, -0.2) is 13.1 Å². The van der Waals surface area contributed by atoms with Crippen molar-refractivity contribution in [1.29, 1.82) is 0 Å². The molecule has 1 heteroatoms. The molecule has 0 heterocycles. The van der Waals surface area contributed by atoms with Gasteiger partial charge in [0.05, 0.1) is 0 Å². The molecule has 1 unspecified atom stereocenters. The van der Waals surface area contributed by atoms with Gasteiger partial charge in [0.2, 0.25) is 0 Å². The van der Waals surface area contributed by atoms with Crippen molar-refractivity contribution in [3.63, 3.8) is 0 Å². The Labute approximate surface area is 122 Å². The molecule has 0 saturated heterocycles. The summed E-state index contributed by atoms with van der Waals surface area (Å²) >= 11 is 0. The van der Waals surface area contributed by atoms with Crippen LogP contribution in [0.15, 0.2) is 0 Å². The number of hydrogen-bond acceptors (Lipinski definition) is 1. The summed E-state index contributed by atoms with van der Waals surface area (Å²) in [5.41, 5.74) is 0. The summed E-state index contributed by atoms with van der Waals surface area (Å²) < 4.78 is 0. The molecule has 1 nitrogen and oxygen atoms in total. The van der Waals surface area contributed by atoms with Crippen LogP contribution in [0, 0.1) is 0 Å². The van der Waals surface area contributed by atoms with E-state index >= 15 is 0 Å². The maximum Gasteiger partial charge on any atom is 0.00639 e. The summed E-state index contributed by atoms with van der Waals surface area (Å²) in [5, 5.41) is 3.44. The second-order valence-corrected chi connectivity index (χ2v) is 6.10. The molecular formula is C18H39N. The van der Waals surface area contributed by atoms with Crippen LogP contribution in [0.1, 0.15) is 104 Å². The minimum Gasteiger partial charge on any atom is -0.317 e. The van der Waals surface area contributed by atoms with Crippen molar-refractivity contribution >= 4 is 0 Å². The van der Waals surface area contributed by atoms with Crippen LogP contribution in [0.3, 0.4) is 0 Å². The highest BCUT2D eigenvalue weighted by Gasteiger charge is 2.03. The van der Waals surface area contributed by atoms with Crippen molar-refractivity contribution in [3.05, 3.63) is 0 Å². The molecule has 0 spiro atoms. The van der Waals surface area contributed by atoms with Gasteiger partial charge in [-0.1, -0.05) is 90.9 Å². The Bertz CT molecular complexity index is 156. The van der Waals surface area contributed by atoms with Crippen molar-refractivity contribution in [2.75, 3.05) is 7.05 Å². The van der Waals surface area contributed by atoms with Crippen LogP contribution >= 0.6 is 0 Å². The highest BCUT2D eigenvalue weighted by atomic mass is 14.9. The predicted molar refractivity (Wildman–Crippen MR) is 88.8 cm³/mol. The zero-order chi connectivity index (χ0) is 14.2. The fourth-order valence-electron chi connectivity index (χ4n) is 2.84. The van der Waals surface area contributed by atoms with E-state index in [-0.39, 0.29) is 0 Å². The molecule has 19 heavy (non-hydrogen) atoms. The van der Waals surface area contributed by atoms with Gasteiger partial charge in [-0.25, -0.2) is 0 Å². The van der Waals surface area contributed by atoms with E-state index in [0.717, 1.165) is 6.04 Å². The van der Waals surface area contributed by atoms with E-state index in [0.29, 0.717) is 0 Å². The van der Waals surface area contributed by atoms with Gasteiger partial charge in [-0.05, 0) is 19.9 Å². The molecule has 0 amide bonds. The third-order valence-corrected chi connectivity index (χ3v) is 4.20. The van der Waals surface area contributed by atoms with Gasteiger partial charge in [0.15, 0.2) is 0 Å². The van der Waals surface area contributed by atoms with Crippen LogP contribution < -0.4 is 5.32 Å². The maximum absolute atomic E-state index is 3.44. The Balaban J connectivity index is 3.09. The van der Waals surface area contributed by atoms with Crippen LogP contribution in [0.5, 0.6) is 0 Å². The molecule has 0 radical (unpaired) electrons. The first-order valence-corrected chi connectivity index (χ1v) is 9.02.